The highest BCUT2D eigenvalue weighted by Crippen LogP contribution is 2.42. The van der Waals surface area contributed by atoms with Crippen LogP contribution >= 0.6 is 43.2 Å². The maximum Gasteiger partial charge on any atom is 0.263 e. The SMILES string of the molecule is CCCC[C@H](CC)CN1C(=O)c2c(Br)sc(Br)c2C1=O. The van der Waals surface area contributed by atoms with Crippen molar-refractivity contribution in [2.75, 3.05) is 6.54 Å². The van der Waals surface area contributed by atoms with Crippen LogP contribution in [0.1, 0.15) is 60.2 Å². The number of carbonyl (C=O) groups excluding carboxylic acids is 2. The van der Waals surface area contributed by atoms with Crippen molar-refractivity contribution < 1.29 is 9.59 Å². The van der Waals surface area contributed by atoms with Gasteiger partial charge in [-0.25, -0.2) is 0 Å². The van der Waals surface area contributed by atoms with Crippen molar-refractivity contribution in [1.82, 2.24) is 4.90 Å². The second kappa shape index (κ2) is 6.71. The van der Waals surface area contributed by atoms with Gasteiger partial charge in [-0.2, -0.15) is 0 Å². The van der Waals surface area contributed by atoms with E-state index in [1.54, 1.807) is 0 Å². The molecule has 0 unspecified atom stereocenters. The minimum Gasteiger partial charge on any atom is -0.274 e. The van der Waals surface area contributed by atoms with Gasteiger partial charge >= 0.3 is 0 Å². The highest BCUT2D eigenvalue weighted by atomic mass is 79.9. The number of nitrogens with zero attached hydrogens (tertiary/aromatic N) is 1. The number of fused-ring (bicyclic) bond motifs is 1. The largest absolute Gasteiger partial charge is 0.274 e. The topological polar surface area (TPSA) is 37.4 Å². The summed E-state index contributed by atoms with van der Waals surface area (Å²) in [5.41, 5.74) is 1.05. The molecule has 20 heavy (non-hydrogen) atoms. The molecule has 0 radical (unpaired) electrons. The Morgan fingerprint density at radius 1 is 1.10 bits per heavy atom. The summed E-state index contributed by atoms with van der Waals surface area (Å²) < 4.78 is 1.48. The van der Waals surface area contributed by atoms with E-state index in [-0.39, 0.29) is 11.8 Å². The maximum atomic E-state index is 12.4. The van der Waals surface area contributed by atoms with E-state index in [2.05, 4.69) is 45.7 Å². The number of amides is 2. The molecule has 2 rings (SSSR count). The van der Waals surface area contributed by atoms with E-state index in [1.807, 2.05) is 0 Å². The summed E-state index contributed by atoms with van der Waals surface area (Å²) in [7, 11) is 0. The van der Waals surface area contributed by atoms with Crippen molar-refractivity contribution in [2.45, 2.75) is 39.5 Å². The summed E-state index contributed by atoms with van der Waals surface area (Å²) in [6.45, 7) is 4.81. The van der Waals surface area contributed by atoms with Gasteiger partial charge in [-0.15, -0.1) is 11.3 Å². The predicted molar refractivity (Wildman–Crippen MR) is 88.4 cm³/mol. The number of halogens is 2. The molecule has 3 nitrogen and oxygen atoms in total. The Morgan fingerprint density at radius 2 is 1.65 bits per heavy atom. The molecule has 0 fully saturated rings. The van der Waals surface area contributed by atoms with Gasteiger partial charge in [-0.05, 0) is 44.2 Å². The Bertz CT molecular complexity index is 505. The average molecular weight is 423 g/mol. The third kappa shape index (κ3) is 2.88. The Morgan fingerprint density at radius 3 is 2.10 bits per heavy atom. The Labute approximate surface area is 140 Å². The summed E-state index contributed by atoms with van der Waals surface area (Å²) in [5, 5.41) is 0. The third-order valence-corrected chi connectivity index (χ3v) is 6.26. The van der Waals surface area contributed by atoms with Gasteiger partial charge in [0.1, 0.15) is 0 Å². The first kappa shape index (κ1) is 16.2. The normalized spacial score (nSPS) is 15.9. The van der Waals surface area contributed by atoms with Crippen molar-refractivity contribution in [3.63, 3.8) is 0 Å². The van der Waals surface area contributed by atoms with Gasteiger partial charge in [0.2, 0.25) is 0 Å². The zero-order valence-electron chi connectivity index (χ0n) is 11.5. The van der Waals surface area contributed by atoms with Gasteiger partial charge in [-0.1, -0.05) is 33.1 Å². The molecule has 110 valence electrons. The van der Waals surface area contributed by atoms with Crippen molar-refractivity contribution in [1.29, 1.82) is 0 Å². The average Bonchev–Trinajstić information content (AvgIpc) is 2.84. The standard InChI is InChI=1S/C14H17Br2NO2S/c1-3-5-6-8(4-2)7-17-13(18)9-10(14(17)19)12(16)20-11(9)15/h8H,3-7H2,1-2H3/t8-/m0/s1. The number of rotatable bonds is 6. The van der Waals surface area contributed by atoms with Gasteiger partial charge in [0.15, 0.2) is 0 Å². The Balaban J connectivity index is 2.18. The second-order valence-electron chi connectivity index (χ2n) is 5.04. The molecule has 2 heterocycles. The van der Waals surface area contributed by atoms with Crippen LogP contribution in [0.4, 0.5) is 0 Å². The minimum atomic E-state index is -0.159. The molecule has 0 saturated heterocycles. The molecule has 0 aromatic carbocycles. The van der Waals surface area contributed by atoms with Crippen LogP contribution in [0, 0.1) is 5.92 Å². The molecule has 1 atom stereocenters. The molecule has 0 aliphatic carbocycles. The maximum absolute atomic E-state index is 12.4. The summed E-state index contributed by atoms with van der Waals surface area (Å²) in [6.07, 6.45) is 4.34. The predicted octanol–water partition coefficient (Wildman–Crippen LogP) is 5.09. The van der Waals surface area contributed by atoms with E-state index >= 15 is 0 Å². The summed E-state index contributed by atoms with van der Waals surface area (Å²) in [4.78, 5) is 26.3. The summed E-state index contributed by atoms with van der Waals surface area (Å²) >= 11 is 8.14. The van der Waals surface area contributed by atoms with E-state index in [4.69, 9.17) is 0 Å². The quantitative estimate of drug-likeness (QED) is 0.599. The zero-order valence-corrected chi connectivity index (χ0v) is 15.5. The highest BCUT2D eigenvalue weighted by molar-refractivity contribution is 9.12. The van der Waals surface area contributed by atoms with Gasteiger partial charge in [0.25, 0.3) is 11.8 Å². The molecular weight excluding hydrogens is 406 g/mol. The Kier molecular flexibility index (Phi) is 5.42. The highest BCUT2D eigenvalue weighted by Gasteiger charge is 2.41. The molecule has 0 bridgehead atoms. The van der Waals surface area contributed by atoms with Gasteiger partial charge in [0, 0.05) is 6.54 Å². The van der Waals surface area contributed by atoms with E-state index in [0.29, 0.717) is 23.6 Å². The summed E-state index contributed by atoms with van der Waals surface area (Å²) in [5.74, 6) is 0.0793. The Hall–Kier alpha value is -0.200. The number of unbranched alkanes of at least 4 members (excludes halogenated alkanes) is 1. The smallest absolute Gasteiger partial charge is 0.263 e. The molecule has 0 spiro atoms. The molecule has 0 N–H and O–H groups in total. The lowest BCUT2D eigenvalue weighted by atomic mass is 9.99. The van der Waals surface area contributed by atoms with Gasteiger partial charge < -0.3 is 0 Å². The molecule has 1 aliphatic heterocycles. The lowest BCUT2D eigenvalue weighted by molar-refractivity contribution is 0.0623. The lowest BCUT2D eigenvalue weighted by Gasteiger charge is -2.21. The molecular formula is C14H17Br2NO2S. The summed E-state index contributed by atoms with van der Waals surface area (Å²) in [6, 6.07) is 0. The van der Waals surface area contributed by atoms with Crippen molar-refractivity contribution >= 4 is 55.0 Å². The monoisotopic (exact) mass is 421 g/mol. The molecule has 1 aromatic heterocycles. The third-order valence-electron chi connectivity index (χ3n) is 3.72. The van der Waals surface area contributed by atoms with Crippen LogP contribution in [-0.4, -0.2) is 23.3 Å². The molecule has 2 amide bonds. The van der Waals surface area contributed by atoms with E-state index in [9.17, 15) is 9.59 Å². The van der Waals surface area contributed by atoms with Crippen molar-refractivity contribution in [2.24, 2.45) is 5.92 Å². The fraction of sp³-hybridized carbons (Fsp3) is 0.571. The number of imide groups is 1. The fourth-order valence-electron chi connectivity index (χ4n) is 2.46. The van der Waals surface area contributed by atoms with Crippen LogP contribution in [0.25, 0.3) is 0 Å². The van der Waals surface area contributed by atoms with E-state index < -0.39 is 0 Å². The van der Waals surface area contributed by atoms with Crippen LogP contribution in [0.3, 0.4) is 0 Å². The van der Waals surface area contributed by atoms with Crippen molar-refractivity contribution in [3.8, 4) is 0 Å². The lowest BCUT2D eigenvalue weighted by Crippen LogP contribution is -2.34. The minimum absolute atomic E-state index is 0.159. The molecule has 1 aliphatic rings. The van der Waals surface area contributed by atoms with E-state index in [1.165, 1.54) is 16.2 Å². The molecule has 0 saturated carbocycles. The van der Waals surface area contributed by atoms with Gasteiger partial charge in [0.05, 0.1) is 18.7 Å². The number of hydrogen-bond donors (Lipinski definition) is 0. The second-order valence-corrected chi connectivity index (χ2v) is 8.69. The number of hydrogen-bond acceptors (Lipinski definition) is 3. The molecule has 6 heteroatoms. The first-order chi connectivity index (χ1) is 9.51. The zero-order chi connectivity index (χ0) is 14.9. The van der Waals surface area contributed by atoms with Crippen LogP contribution in [-0.2, 0) is 0 Å². The number of thiophene rings is 1. The van der Waals surface area contributed by atoms with Crippen LogP contribution in [0.2, 0.25) is 0 Å². The first-order valence-corrected chi connectivity index (χ1v) is 9.25. The molecule has 1 aromatic rings. The fourth-order valence-corrected chi connectivity index (χ4v) is 5.56. The van der Waals surface area contributed by atoms with Crippen LogP contribution in [0.15, 0.2) is 7.57 Å². The van der Waals surface area contributed by atoms with Crippen LogP contribution < -0.4 is 0 Å². The van der Waals surface area contributed by atoms with Gasteiger partial charge in [-0.3, -0.25) is 14.5 Å². The van der Waals surface area contributed by atoms with E-state index in [0.717, 1.165) is 33.3 Å². The first-order valence-electron chi connectivity index (χ1n) is 6.85. The van der Waals surface area contributed by atoms with Crippen LogP contribution in [0.5, 0.6) is 0 Å². The van der Waals surface area contributed by atoms with Crippen molar-refractivity contribution in [3.05, 3.63) is 18.7 Å². The number of carbonyl (C=O) groups is 2.